The summed E-state index contributed by atoms with van der Waals surface area (Å²) in [6.45, 7) is 10.4. The summed E-state index contributed by atoms with van der Waals surface area (Å²) in [5.74, 6) is -2.19. The van der Waals surface area contributed by atoms with E-state index in [2.05, 4.69) is 16.0 Å². The lowest BCUT2D eigenvalue weighted by Gasteiger charge is -2.19. The Balaban J connectivity index is 1.04. The molecule has 1 atom stereocenters. The second-order valence-corrected chi connectivity index (χ2v) is 15.5. The molecular weight excluding hydrogens is 919 g/mol. The number of hydrogen-bond donors (Lipinski definition) is 4. The van der Waals surface area contributed by atoms with Gasteiger partial charge in [0.25, 0.3) is 0 Å². The first-order valence-corrected chi connectivity index (χ1v) is 24.1. The first kappa shape index (κ1) is 59.9. The highest BCUT2D eigenvalue weighted by Crippen LogP contribution is 2.44. The van der Waals surface area contributed by atoms with E-state index in [1.807, 2.05) is 48.5 Å². The number of hydrogen-bond acceptors (Lipinski definition) is 17. The van der Waals surface area contributed by atoms with Gasteiger partial charge in [0.05, 0.1) is 152 Å². The van der Waals surface area contributed by atoms with Gasteiger partial charge in [-0.25, -0.2) is 4.79 Å². The van der Waals surface area contributed by atoms with Crippen LogP contribution in [0.2, 0.25) is 0 Å². The van der Waals surface area contributed by atoms with Crippen molar-refractivity contribution in [2.75, 3.05) is 179 Å². The van der Waals surface area contributed by atoms with Crippen LogP contribution in [0.15, 0.2) is 48.5 Å². The Hall–Kier alpha value is -4.36. The number of rotatable bonds is 47. The van der Waals surface area contributed by atoms with Crippen LogP contribution in [-0.2, 0) is 76.0 Å². The van der Waals surface area contributed by atoms with Crippen molar-refractivity contribution in [3.8, 4) is 11.1 Å². The molecule has 0 spiro atoms. The zero-order chi connectivity index (χ0) is 50.0. The summed E-state index contributed by atoms with van der Waals surface area (Å²) in [6, 6.07) is 14.9. The fraction of sp³-hybridized carbons (Fsp3) is 0.673. The molecule has 0 radical (unpaired) electrons. The molecule has 0 saturated heterocycles. The van der Waals surface area contributed by atoms with Gasteiger partial charge in [-0.05, 0) is 41.5 Å². The van der Waals surface area contributed by atoms with E-state index in [0.717, 1.165) is 22.3 Å². The molecule has 0 fully saturated rings. The van der Waals surface area contributed by atoms with E-state index in [0.29, 0.717) is 165 Å². The smallest absolute Gasteiger partial charge is 0.407 e. The summed E-state index contributed by atoms with van der Waals surface area (Å²) >= 11 is 0. The lowest BCUT2D eigenvalue weighted by atomic mass is 9.98. The Morgan fingerprint density at radius 2 is 0.900 bits per heavy atom. The van der Waals surface area contributed by atoms with Gasteiger partial charge in [-0.2, -0.15) is 0 Å². The third-order valence-corrected chi connectivity index (χ3v) is 10.2. The zero-order valence-corrected chi connectivity index (χ0v) is 40.9. The Kier molecular flexibility index (Phi) is 35.3. The van der Waals surface area contributed by atoms with Gasteiger partial charge >= 0.3 is 12.1 Å². The van der Waals surface area contributed by atoms with Crippen molar-refractivity contribution in [3.63, 3.8) is 0 Å². The Morgan fingerprint density at radius 1 is 0.514 bits per heavy atom. The number of carbonyl (C=O) groups excluding carboxylic acids is 3. The Bertz CT molecular complexity index is 1630. The van der Waals surface area contributed by atoms with Gasteiger partial charge < -0.3 is 82.6 Å². The highest BCUT2D eigenvalue weighted by atomic mass is 16.6. The largest absolute Gasteiger partial charge is 0.480 e. The van der Waals surface area contributed by atoms with Crippen LogP contribution >= 0.6 is 0 Å². The molecule has 2 aromatic rings. The maximum Gasteiger partial charge on any atom is 0.407 e. The van der Waals surface area contributed by atoms with Crippen molar-refractivity contribution in [1.82, 2.24) is 16.0 Å². The van der Waals surface area contributed by atoms with Crippen molar-refractivity contribution in [1.29, 1.82) is 0 Å². The normalized spacial score (nSPS) is 12.4. The van der Waals surface area contributed by atoms with E-state index in [1.165, 1.54) is 0 Å². The van der Waals surface area contributed by atoms with Gasteiger partial charge in [0.1, 0.15) is 19.2 Å². The summed E-state index contributed by atoms with van der Waals surface area (Å²) in [4.78, 5) is 49.0. The van der Waals surface area contributed by atoms with Crippen LogP contribution in [0.3, 0.4) is 0 Å². The Morgan fingerprint density at radius 3 is 1.30 bits per heavy atom. The van der Waals surface area contributed by atoms with Crippen molar-refractivity contribution in [2.24, 2.45) is 0 Å². The highest BCUT2D eigenvalue weighted by molar-refractivity contribution is 5.88. The van der Waals surface area contributed by atoms with Crippen molar-refractivity contribution >= 4 is 23.9 Å². The first-order valence-electron chi connectivity index (χ1n) is 24.1. The number of fused-ring (bicyclic) bond motifs is 3. The molecule has 21 heteroatoms. The topological polar surface area (TPSA) is 245 Å². The number of alkyl carbamates (subject to hydrolysis) is 1. The minimum absolute atomic E-state index is 0.0669. The van der Waals surface area contributed by atoms with E-state index >= 15 is 0 Å². The van der Waals surface area contributed by atoms with E-state index in [9.17, 15) is 19.2 Å². The molecule has 0 bridgehead atoms. The van der Waals surface area contributed by atoms with E-state index in [1.54, 1.807) is 7.11 Å². The molecule has 70 heavy (non-hydrogen) atoms. The molecule has 0 heterocycles. The summed E-state index contributed by atoms with van der Waals surface area (Å²) < 4.78 is 70.6. The monoisotopic (exact) mass is 996 g/mol. The zero-order valence-electron chi connectivity index (χ0n) is 40.9. The molecule has 1 aliphatic carbocycles. The van der Waals surface area contributed by atoms with Crippen LogP contribution in [0.25, 0.3) is 11.1 Å². The van der Waals surface area contributed by atoms with Gasteiger partial charge in [0.2, 0.25) is 11.8 Å². The minimum Gasteiger partial charge on any atom is -0.480 e. The number of methoxy groups -OCH3 is 1. The van der Waals surface area contributed by atoms with Gasteiger partial charge in [0.15, 0.2) is 0 Å². The number of ether oxygens (including phenoxy) is 13. The fourth-order valence-electron chi connectivity index (χ4n) is 6.74. The van der Waals surface area contributed by atoms with E-state index in [4.69, 9.17) is 66.7 Å². The average molecular weight is 996 g/mol. The number of carboxylic acid groups (broad SMARTS) is 1. The SMILES string of the molecule is COCCOCCOCCOCCOCCOCCOCCOCCOCCOCCOCCOCCC(=O)NCCCCC(NC(=O)OCC1c2ccccc2-c2ccccc21)C(=O)NCC(=O)O. The fourth-order valence-corrected chi connectivity index (χ4v) is 6.74. The molecule has 4 N–H and O–H groups in total. The highest BCUT2D eigenvalue weighted by Gasteiger charge is 2.30. The quantitative estimate of drug-likeness (QED) is 0.0697. The second kappa shape index (κ2) is 41.3. The van der Waals surface area contributed by atoms with Gasteiger partial charge in [-0.3, -0.25) is 14.4 Å². The van der Waals surface area contributed by atoms with E-state index < -0.39 is 30.6 Å². The van der Waals surface area contributed by atoms with E-state index in [-0.39, 0.29) is 37.9 Å². The summed E-state index contributed by atoms with van der Waals surface area (Å²) in [7, 11) is 1.64. The maximum atomic E-state index is 12.9. The third kappa shape index (κ3) is 29.1. The number of carboxylic acids is 1. The number of aliphatic carboxylic acids is 1. The Labute approximate surface area is 412 Å². The van der Waals surface area contributed by atoms with Gasteiger partial charge in [-0.1, -0.05) is 48.5 Å². The van der Waals surface area contributed by atoms with Crippen LogP contribution in [0, 0.1) is 0 Å². The van der Waals surface area contributed by atoms with Crippen molar-refractivity contribution in [2.45, 2.75) is 37.6 Å². The lowest BCUT2D eigenvalue weighted by Crippen LogP contribution is -2.48. The van der Waals surface area contributed by atoms with Crippen LogP contribution in [0.5, 0.6) is 0 Å². The number of benzene rings is 2. The van der Waals surface area contributed by atoms with Crippen molar-refractivity contribution in [3.05, 3.63) is 59.7 Å². The first-order chi connectivity index (χ1) is 34.4. The number of nitrogens with one attached hydrogen (secondary N) is 3. The van der Waals surface area contributed by atoms with Gasteiger partial charge in [-0.15, -0.1) is 0 Å². The molecular formula is C49H77N3O18. The van der Waals surface area contributed by atoms with Crippen LogP contribution in [-0.4, -0.2) is 214 Å². The third-order valence-electron chi connectivity index (χ3n) is 10.2. The summed E-state index contributed by atoms with van der Waals surface area (Å²) in [5, 5.41) is 16.8. The summed E-state index contributed by atoms with van der Waals surface area (Å²) in [6.07, 6.45) is 0.586. The molecule has 0 aromatic heterocycles. The molecule has 21 nitrogen and oxygen atoms in total. The molecule has 2 aromatic carbocycles. The predicted molar refractivity (Wildman–Crippen MR) is 255 cm³/mol. The second-order valence-electron chi connectivity index (χ2n) is 15.5. The standard InChI is InChI=1S/C49H77N3O18/c1-58-16-17-60-20-21-62-24-25-64-28-29-66-32-33-68-36-37-69-35-34-67-31-30-65-27-26-63-23-22-61-19-18-59-15-13-46(53)50-14-7-6-12-45(48(56)51-38-47(54)55)52-49(57)70-39-44-42-10-4-2-8-40(42)41-9-3-5-11-43(41)44/h2-5,8-11,44-45H,6-7,12-39H2,1H3,(H,50,53)(H,51,56)(H,52,57)(H,54,55). The molecule has 0 saturated carbocycles. The average Bonchev–Trinajstić information content (AvgIpc) is 3.68. The summed E-state index contributed by atoms with van der Waals surface area (Å²) in [5.41, 5.74) is 4.28. The molecule has 396 valence electrons. The maximum absolute atomic E-state index is 12.9. The van der Waals surface area contributed by atoms with Crippen molar-refractivity contribution < 1.29 is 85.9 Å². The van der Waals surface area contributed by atoms with Gasteiger partial charge in [0, 0.05) is 26.0 Å². The lowest BCUT2D eigenvalue weighted by molar-refractivity contribution is -0.138. The number of unbranched alkanes of at least 4 members (excludes halogenated alkanes) is 1. The van der Waals surface area contributed by atoms with Crippen LogP contribution in [0.1, 0.15) is 42.7 Å². The molecule has 3 amide bonds. The number of amides is 3. The molecule has 1 aliphatic rings. The molecule has 1 unspecified atom stereocenters. The molecule has 3 rings (SSSR count). The number of carbonyl (C=O) groups is 4. The minimum atomic E-state index is -1.21. The van der Waals surface area contributed by atoms with Crippen LogP contribution < -0.4 is 16.0 Å². The molecule has 0 aliphatic heterocycles. The predicted octanol–water partition coefficient (Wildman–Crippen LogP) is 2.60. The van der Waals surface area contributed by atoms with Crippen LogP contribution in [0.4, 0.5) is 4.79 Å².